The molecule has 0 bridgehead atoms. The van der Waals surface area contributed by atoms with Crippen LogP contribution in [0.25, 0.3) is 0 Å². The van der Waals surface area contributed by atoms with E-state index in [1.54, 1.807) is 37.3 Å². The van der Waals surface area contributed by atoms with E-state index in [2.05, 4.69) is 5.32 Å². The number of aryl methyl sites for hydroxylation is 1. The van der Waals surface area contributed by atoms with Gasteiger partial charge in [-0.3, -0.25) is 4.79 Å². The van der Waals surface area contributed by atoms with Crippen molar-refractivity contribution in [3.8, 4) is 0 Å². The molecule has 0 aliphatic carbocycles. The Balaban J connectivity index is 1.90. The standard InChI is InChI=1S/C18H18ClNO3/c1-3-13-7-9-14(10-8-13)18(22)23-11-17(21)20-16-6-4-5-15(19)12(16)2/h4-10H,3,11H2,1-2H3,(H,20,21). The Bertz CT molecular complexity index is 711. The minimum Gasteiger partial charge on any atom is -0.452 e. The summed E-state index contributed by atoms with van der Waals surface area (Å²) in [6.45, 7) is 3.50. The molecule has 0 heterocycles. The Morgan fingerprint density at radius 3 is 2.48 bits per heavy atom. The van der Waals surface area contributed by atoms with Crippen LogP contribution in [0.2, 0.25) is 5.02 Å². The molecule has 4 nitrogen and oxygen atoms in total. The summed E-state index contributed by atoms with van der Waals surface area (Å²) >= 11 is 5.99. The third-order valence-corrected chi connectivity index (χ3v) is 3.88. The number of hydrogen-bond acceptors (Lipinski definition) is 3. The van der Waals surface area contributed by atoms with Crippen molar-refractivity contribution < 1.29 is 14.3 Å². The number of nitrogens with one attached hydrogen (secondary N) is 1. The Labute approximate surface area is 140 Å². The van der Waals surface area contributed by atoms with E-state index in [4.69, 9.17) is 16.3 Å². The molecular weight excluding hydrogens is 314 g/mol. The Kier molecular flexibility index (Phi) is 5.77. The van der Waals surface area contributed by atoms with Crippen molar-refractivity contribution >= 4 is 29.2 Å². The third-order valence-electron chi connectivity index (χ3n) is 3.47. The van der Waals surface area contributed by atoms with Crippen LogP contribution in [0.4, 0.5) is 5.69 Å². The molecule has 0 spiro atoms. The highest BCUT2D eigenvalue weighted by molar-refractivity contribution is 6.31. The second-order valence-corrected chi connectivity index (χ2v) is 5.49. The van der Waals surface area contributed by atoms with Crippen molar-refractivity contribution in [2.75, 3.05) is 11.9 Å². The number of anilines is 1. The number of hydrogen-bond donors (Lipinski definition) is 1. The van der Waals surface area contributed by atoms with Gasteiger partial charge < -0.3 is 10.1 Å². The van der Waals surface area contributed by atoms with Crippen LogP contribution in [0, 0.1) is 6.92 Å². The fourth-order valence-corrected chi connectivity index (χ4v) is 2.19. The topological polar surface area (TPSA) is 55.4 Å². The van der Waals surface area contributed by atoms with E-state index >= 15 is 0 Å². The molecule has 2 rings (SSSR count). The van der Waals surface area contributed by atoms with Gasteiger partial charge in [0.2, 0.25) is 0 Å². The van der Waals surface area contributed by atoms with Crippen molar-refractivity contribution in [2.24, 2.45) is 0 Å². The van der Waals surface area contributed by atoms with Gasteiger partial charge in [-0.25, -0.2) is 4.79 Å². The molecule has 23 heavy (non-hydrogen) atoms. The zero-order valence-corrected chi connectivity index (χ0v) is 13.8. The summed E-state index contributed by atoms with van der Waals surface area (Å²) in [5, 5.41) is 3.24. The van der Waals surface area contributed by atoms with Crippen LogP contribution in [0.3, 0.4) is 0 Å². The number of benzene rings is 2. The molecule has 120 valence electrons. The number of esters is 1. The van der Waals surface area contributed by atoms with Crippen molar-refractivity contribution in [3.05, 3.63) is 64.2 Å². The van der Waals surface area contributed by atoms with Crippen LogP contribution < -0.4 is 5.32 Å². The first kappa shape index (κ1) is 17.0. The quantitative estimate of drug-likeness (QED) is 0.842. The van der Waals surface area contributed by atoms with E-state index in [9.17, 15) is 9.59 Å². The SMILES string of the molecule is CCc1ccc(C(=O)OCC(=O)Nc2cccc(Cl)c2C)cc1. The van der Waals surface area contributed by atoms with Gasteiger partial charge in [0.1, 0.15) is 0 Å². The molecule has 0 aromatic heterocycles. The summed E-state index contributed by atoms with van der Waals surface area (Å²) in [6.07, 6.45) is 0.900. The highest BCUT2D eigenvalue weighted by Gasteiger charge is 2.11. The molecule has 5 heteroatoms. The summed E-state index contributed by atoms with van der Waals surface area (Å²) in [5.74, 6) is -0.931. The Hall–Kier alpha value is -2.33. The van der Waals surface area contributed by atoms with Gasteiger partial charge in [0.15, 0.2) is 6.61 Å². The average molecular weight is 332 g/mol. The molecule has 0 fully saturated rings. The van der Waals surface area contributed by atoms with Gasteiger partial charge in [-0.15, -0.1) is 0 Å². The summed E-state index contributed by atoms with van der Waals surface area (Å²) < 4.78 is 5.02. The first-order valence-corrected chi connectivity index (χ1v) is 7.70. The molecule has 0 unspecified atom stereocenters. The van der Waals surface area contributed by atoms with Gasteiger partial charge in [0.25, 0.3) is 5.91 Å². The molecular formula is C18H18ClNO3. The van der Waals surface area contributed by atoms with Gasteiger partial charge in [-0.2, -0.15) is 0 Å². The van der Waals surface area contributed by atoms with Crippen molar-refractivity contribution in [3.63, 3.8) is 0 Å². The molecule has 0 aliphatic rings. The lowest BCUT2D eigenvalue weighted by Gasteiger charge is -2.10. The monoisotopic (exact) mass is 331 g/mol. The van der Waals surface area contributed by atoms with Gasteiger partial charge in [0, 0.05) is 10.7 Å². The maximum Gasteiger partial charge on any atom is 0.338 e. The van der Waals surface area contributed by atoms with Crippen LogP contribution in [0.15, 0.2) is 42.5 Å². The summed E-state index contributed by atoms with van der Waals surface area (Å²) in [4.78, 5) is 23.8. The summed E-state index contributed by atoms with van der Waals surface area (Å²) in [6, 6.07) is 12.3. The first-order valence-electron chi connectivity index (χ1n) is 7.32. The molecule has 1 amide bonds. The minimum atomic E-state index is -0.523. The Morgan fingerprint density at radius 2 is 1.83 bits per heavy atom. The van der Waals surface area contributed by atoms with Crippen molar-refractivity contribution in [1.82, 2.24) is 0 Å². The number of carbonyl (C=O) groups is 2. The van der Waals surface area contributed by atoms with Crippen LogP contribution >= 0.6 is 11.6 Å². The third kappa shape index (κ3) is 4.57. The van der Waals surface area contributed by atoms with Crippen LogP contribution in [-0.4, -0.2) is 18.5 Å². The molecule has 0 atom stereocenters. The number of rotatable bonds is 5. The number of halogens is 1. The van der Waals surface area contributed by atoms with Gasteiger partial charge in [-0.05, 0) is 48.7 Å². The van der Waals surface area contributed by atoms with Crippen LogP contribution in [-0.2, 0) is 16.0 Å². The smallest absolute Gasteiger partial charge is 0.338 e. The van der Waals surface area contributed by atoms with E-state index in [0.717, 1.165) is 17.5 Å². The second-order valence-electron chi connectivity index (χ2n) is 5.09. The van der Waals surface area contributed by atoms with Crippen LogP contribution in [0.1, 0.15) is 28.4 Å². The predicted molar refractivity (Wildman–Crippen MR) is 90.9 cm³/mol. The van der Waals surface area contributed by atoms with E-state index in [0.29, 0.717) is 16.3 Å². The molecule has 2 aromatic rings. The summed E-state index contributed by atoms with van der Waals surface area (Å²) in [7, 11) is 0. The number of amides is 1. The van der Waals surface area contributed by atoms with Crippen LogP contribution in [0.5, 0.6) is 0 Å². The zero-order valence-electron chi connectivity index (χ0n) is 13.1. The highest BCUT2D eigenvalue weighted by Crippen LogP contribution is 2.22. The van der Waals surface area contributed by atoms with E-state index in [1.165, 1.54) is 0 Å². The average Bonchev–Trinajstić information content (AvgIpc) is 2.57. The van der Waals surface area contributed by atoms with Gasteiger partial charge in [-0.1, -0.05) is 36.7 Å². The van der Waals surface area contributed by atoms with Gasteiger partial charge in [0.05, 0.1) is 5.56 Å². The zero-order chi connectivity index (χ0) is 16.8. The highest BCUT2D eigenvalue weighted by atomic mass is 35.5. The number of carbonyl (C=O) groups excluding carboxylic acids is 2. The molecule has 2 aromatic carbocycles. The molecule has 0 radical (unpaired) electrons. The van der Waals surface area contributed by atoms with E-state index < -0.39 is 11.9 Å². The minimum absolute atomic E-state index is 0.347. The Morgan fingerprint density at radius 1 is 1.13 bits per heavy atom. The van der Waals surface area contributed by atoms with E-state index in [1.807, 2.05) is 19.1 Å². The predicted octanol–water partition coefficient (Wildman–Crippen LogP) is 4.01. The maximum absolute atomic E-state index is 11.9. The lowest BCUT2D eigenvalue weighted by atomic mass is 10.1. The fourth-order valence-electron chi connectivity index (χ4n) is 2.02. The fraction of sp³-hybridized carbons (Fsp3) is 0.222. The van der Waals surface area contributed by atoms with Gasteiger partial charge >= 0.3 is 5.97 Å². The summed E-state index contributed by atoms with van der Waals surface area (Å²) in [5.41, 5.74) is 2.93. The van der Waals surface area contributed by atoms with Crippen molar-refractivity contribution in [2.45, 2.75) is 20.3 Å². The maximum atomic E-state index is 11.9. The largest absolute Gasteiger partial charge is 0.452 e. The first-order chi connectivity index (χ1) is 11.0. The molecule has 0 saturated heterocycles. The second kappa shape index (κ2) is 7.79. The van der Waals surface area contributed by atoms with E-state index in [-0.39, 0.29) is 6.61 Å². The molecule has 0 aliphatic heterocycles. The lowest BCUT2D eigenvalue weighted by Crippen LogP contribution is -2.21. The lowest BCUT2D eigenvalue weighted by molar-refractivity contribution is -0.119. The molecule has 1 N–H and O–H groups in total. The van der Waals surface area contributed by atoms with Crippen molar-refractivity contribution in [1.29, 1.82) is 0 Å². The number of ether oxygens (including phenoxy) is 1. The normalized spacial score (nSPS) is 10.2. The molecule has 0 saturated carbocycles.